The monoisotopic (exact) mass is 860 g/mol. The Balaban J connectivity index is 1.07. The summed E-state index contributed by atoms with van der Waals surface area (Å²) in [5.74, 6) is 1.74. The largest absolute Gasteiger partial charge is 0.335 e. The predicted octanol–water partition coefficient (Wildman–Crippen LogP) is 12.6. The molecule has 9 heteroatoms. The van der Waals surface area contributed by atoms with Gasteiger partial charge in [0.2, 0.25) is 0 Å². The number of carbonyl (C=O) groups is 1. The minimum atomic E-state index is -0.867. The van der Waals surface area contributed by atoms with Crippen LogP contribution in [-0.4, -0.2) is 48.4 Å². The summed E-state index contributed by atoms with van der Waals surface area (Å²) >= 11 is 0. The number of nitrogens with zero attached hydrogens (tertiary/aromatic N) is 7. The molecule has 1 fully saturated rings. The van der Waals surface area contributed by atoms with Crippen molar-refractivity contribution in [2.24, 2.45) is 0 Å². The number of unbranched alkanes of at least 4 members (excludes halogenated alkanes) is 3. The third-order valence-electron chi connectivity index (χ3n) is 13.2. The lowest BCUT2D eigenvalue weighted by Gasteiger charge is -2.36. The summed E-state index contributed by atoms with van der Waals surface area (Å²) in [5, 5.41) is 17.4. The summed E-state index contributed by atoms with van der Waals surface area (Å²) in [6.45, 7) is 5.79. The van der Waals surface area contributed by atoms with Crippen molar-refractivity contribution < 1.29 is 4.79 Å². The minimum Gasteiger partial charge on any atom is -0.335 e. The van der Waals surface area contributed by atoms with Crippen molar-refractivity contribution in [2.75, 3.05) is 11.4 Å². The van der Waals surface area contributed by atoms with Crippen LogP contribution in [0.5, 0.6) is 0 Å². The Hall–Kier alpha value is -6.87. The molecule has 9 rings (SSSR count). The molecule has 2 aromatic heterocycles. The first-order chi connectivity index (χ1) is 32.1. The van der Waals surface area contributed by atoms with Gasteiger partial charge < -0.3 is 9.88 Å². The number of hydrogen-bond acceptors (Lipinski definition) is 5. The number of amides is 2. The molecule has 2 heterocycles. The minimum absolute atomic E-state index is 0.0143. The summed E-state index contributed by atoms with van der Waals surface area (Å²) in [6.07, 6.45) is 11.9. The molecule has 0 aliphatic heterocycles. The fourth-order valence-electron chi connectivity index (χ4n) is 9.79. The van der Waals surface area contributed by atoms with Gasteiger partial charge in [0.05, 0.1) is 11.0 Å². The van der Waals surface area contributed by atoms with Crippen LogP contribution >= 0.6 is 0 Å². The SMILES string of the molecule is CCCCCN(C(=O)NC1CCCCC1)c1ccc2nc(CCCC)n(Cc3ccc(-c4ccccc4-c4nnnn4C(c4ccccc4)(c4ccccc4)c4ccccc4)cc3)c2c1. The third-order valence-corrected chi connectivity index (χ3v) is 13.2. The molecule has 0 unspecified atom stereocenters. The van der Waals surface area contributed by atoms with Crippen molar-refractivity contribution in [1.29, 1.82) is 0 Å². The van der Waals surface area contributed by atoms with Gasteiger partial charge in [-0.15, -0.1) is 5.10 Å². The number of anilines is 1. The van der Waals surface area contributed by atoms with E-state index >= 15 is 0 Å². The van der Waals surface area contributed by atoms with E-state index in [9.17, 15) is 4.79 Å². The van der Waals surface area contributed by atoms with Gasteiger partial charge in [0.25, 0.3) is 0 Å². The van der Waals surface area contributed by atoms with Crippen LogP contribution < -0.4 is 10.2 Å². The van der Waals surface area contributed by atoms with Crippen LogP contribution in [0.2, 0.25) is 0 Å². The lowest BCUT2D eigenvalue weighted by atomic mass is 9.77. The first-order valence-corrected chi connectivity index (χ1v) is 23.8. The molecule has 6 aromatic carbocycles. The Labute approximate surface area is 383 Å². The Morgan fingerprint density at radius 3 is 1.94 bits per heavy atom. The lowest BCUT2D eigenvalue weighted by Crippen LogP contribution is -2.46. The van der Waals surface area contributed by atoms with Crippen LogP contribution in [0.25, 0.3) is 33.5 Å². The van der Waals surface area contributed by atoms with Crippen LogP contribution in [0, 0.1) is 0 Å². The molecular weight excluding hydrogens is 801 g/mol. The highest BCUT2D eigenvalue weighted by Gasteiger charge is 2.42. The maximum atomic E-state index is 14.0. The fourth-order valence-corrected chi connectivity index (χ4v) is 9.79. The van der Waals surface area contributed by atoms with Gasteiger partial charge in [-0.3, -0.25) is 4.90 Å². The smallest absolute Gasteiger partial charge is 0.322 e. The van der Waals surface area contributed by atoms with Crippen molar-refractivity contribution in [3.63, 3.8) is 0 Å². The zero-order valence-electron chi connectivity index (χ0n) is 37.8. The lowest BCUT2D eigenvalue weighted by molar-refractivity contribution is 0.238. The number of imidazole rings is 1. The number of tetrazole rings is 1. The number of fused-ring (bicyclic) bond motifs is 1. The van der Waals surface area contributed by atoms with Gasteiger partial charge in [-0.2, -0.15) is 0 Å². The molecule has 8 aromatic rings. The van der Waals surface area contributed by atoms with Crippen molar-refractivity contribution in [3.8, 4) is 22.5 Å². The number of carbonyl (C=O) groups excluding carboxylic acids is 1. The zero-order chi connectivity index (χ0) is 44.4. The number of rotatable bonds is 17. The Morgan fingerprint density at radius 2 is 1.31 bits per heavy atom. The van der Waals surface area contributed by atoms with Crippen LogP contribution in [0.3, 0.4) is 0 Å². The van der Waals surface area contributed by atoms with Crippen LogP contribution in [0.1, 0.15) is 106 Å². The number of urea groups is 1. The number of aromatic nitrogens is 6. The number of benzene rings is 6. The first kappa shape index (κ1) is 43.4. The summed E-state index contributed by atoms with van der Waals surface area (Å²) in [6, 6.07) is 55.5. The molecule has 0 spiro atoms. The van der Waals surface area contributed by atoms with E-state index in [4.69, 9.17) is 15.3 Å². The third kappa shape index (κ3) is 9.10. The highest BCUT2D eigenvalue weighted by atomic mass is 16.2. The van der Waals surface area contributed by atoms with Gasteiger partial charge in [0.15, 0.2) is 5.82 Å². The molecular formula is C56H60N8O. The molecule has 9 nitrogen and oxygen atoms in total. The average molecular weight is 861 g/mol. The van der Waals surface area contributed by atoms with E-state index in [0.29, 0.717) is 18.9 Å². The maximum absolute atomic E-state index is 14.0. The normalized spacial score (nSPS) is 13.3. The van der Waals surface area contributed by atoms with E-state index in [1.54, 1.807) is 0 Å². The van der Waals surface area contributed by atoms with E-state index in [-0.39, 0.29) is 12.1 Å². The zero-order valence-corrected chi connectivity index (χ0v) is 37.8. The molecule has 1 aliphatic rings. The second kappa shape index (κ2) is 20.3. The Morgan fingerprint density at radius 1 is 0.692 bits per heavy atom. The van der Waals surface area contributed by atoms with E-state index in [0.717, 1.165) is 107 Å². The highest BCUT2D eigenvalue weighted by molar-refractivity contribution is 5.94. The summed E-state index contributed by atoms with van der Waals surface area (Å²) in [5.41, 5.74) is 9.44. The molecule has 0 bridgehead atoms. The first-order valence-electron chi connectivity index (χ1n) is 23.8. The Kier molecular flexibility index (Phi) is 13.6. The predicted molar refractivity (Wildman–Crippen MR) is 263 cm³/mol. The molecule has 0 radical (unpaired) electrons. The summed E-state index contributed by atoms with van der Waals surface area (Å²) in [7, 11) is 0. The van der Waals surface area contributed by atoms with Gasteiger partial charge in [-0.1, -0.05) is 192 Å². The molecule has 330 valence electrons. The standard InChI is InChI=1S/C56H60N8O/c1-3-5-21-39-62(55(65)57-47-28-17-10-18-29-47)48-37-38-51-52(40-48)63(53(58-51)32-6-4-2)41-42-33-35-43(36-34-42)49-30-19-20-31-50(49)54-59-60-61-64(54)56(44-22-11-7-12-23-44,45-24-13-8-14-25-45)46-26-15-9-16-27-46/h7-9,11-16,19-20,22-27,30-31,33-38,40,47H,3-6,10,17-18,21,28-29,32,39,41H2,1-2H3,(H,57,65). The van der Waals surface area contributed by atoms with Gasteiger partial charge in [0, 0.05) is 36.8 Å². The van der Waals surface area contributed by atoms with E-state index < -0.39 is 5.54 Å². The molecule has 1 aliphatic carbocycles. The quantitative estimate of drug-likeness (QED) is 0.0727. The molecule has 65 heavy (non-hydrogen) atoms. The van der Waals surface area contributed by atoms with Crippen LogP contribution in [0.4, 0.5) is 10.5 Å². The van der Waals surface area contributed by atoms with E-state index in [1.807, 2.05) is 27.8 Å². The second-order valence-electron chi connectivity index (χ2n) is 17.5. The molecule has 0 atom stereocenters. The molecule has 1 N–H and O–H groups in total. The van der Waals surface area contributed by atoms with Crippen molar-refractivity contribution >= 4 is 22.8 Å². The maximum Gasteiger partial charge on any atom is 0.322 e. The van der Waals surface area contributed by atoms with E-state index in [1.165, 1.54) is 24.8 Å². The van der Waals surface area contributed by atoms with Crippen LogP contribution in [-0.2, 0) is 18.5 Å². The van der Waals surface area contributed by atoms with E-state index in [2.05, 4.69) is 168 Å². The van der Waals surface area contributed by atoms with Crippen molar-refractivity contribution in [3.05, 3.63) is 186 Å². The number of hydrogen-bond donors (Lipinski definition) is 1. The molecule has 1 saturated carbocycles. The second-order valence-corrected chi connectivity index (χ2v) is 17.5. The molecule has 2 amide bonds. The van der Waals surface area contributed by atoms with Crippen LogP contribution in [0.15, 0.2) is 158 Å². The van der Waals surface area contributed by atoms with Crippen molar-refractivity contribution in [2.45, 2.75) is 103 Å². The Bertz CT molecular complexity index is 2680. The topological polar surface area (TPSA) is 93.8 Å². The number of aryl methyl sites for hydroxylation is 1. The van der Waals surface area contributed by atoms with Crippen molar-refractivity contribution in [1.82, 2.24) is 35.1 Å². The average Bonchev–Trinajstić information content (AvgIpc) is 3.99. The summed E-state index contributed by atoms with van der Waals surface area (Å²) < 4.78 is 4.37. The van der Waals surface area contributed by atoms with Gasteiger partial charge >= 0.3 is 6.03 Å². The van der Waals surface area contributed by atoms with Gasteiger partial charge in [0.1, 0.15) is 11.4 Å². The summed E-state index contributed by atoms with van der Waals surface area (Å²) in [4.78, 5) is 21.1. The number of nitrogens with one attached hydrogen (secondary N) is 1. The fraction of sp³-hybridized carbons (Fsp3) is 0.304. The highest BCUT2D eigenvalue weighted by Crippen LogP contribution is 2.43. The molecule has 0 saturated heterocycles. The van der Waals surface area contributed by atoms with Gasteiger partial charge in [-0.05, 0) is 87.7 Å². The van der Waals surface area contributed by atoms with Gasteiger partial charge in [-0.25, -0.2) is 14.5 Å².